The second kappa shape index (κ2) is 7.76. The van der Waals surface area contributed by atoms with Gasteiger partial charge < -0.3 is 10.4 Å². The number of sulfonamides is 1. The smallest absolute Gasteiger partial charge is 0.327 e. The molecular formula is C17H17ClN2O5S. The second-order valence-corrected chi connectivity index (χ2v) is 7.75. The SMILES string of the molecule is CC(=O)Nc1ccc(S(=O)(=O)N(c2cccc(Cl)c2)C(C)C(=O)O)cc1. The van der Waals surface area contributed by atoms with Gasteiger partial charge in [-0.3, -0.25) is 9.10 Å². The molecule has 1 amide bonds. The normalized spacial score (nSPS) is 12.3. The standard InChI is InChI=1S/C17H17ClN2O5S/c1-11(17(22)23)20(15-5-3-4-13(18)10-15)26(24,25)16-8-6-14(7-9-16)19-12(2)21/h3-11H,1-2H3,(H,19,21)(H,22,23). The number of halogens is 1. The van der Waals surface area contributed by atoms with Crippen LogP contribution in [0.1, 0.15) is 13.8 Å². The van der Waals surface area contributed by atoms with E-state index in [9.17, 15) is 23.1 Å². The van der Waals surface area contributed by atoms with Gasteiger partial charge in [0.2, 0.25) is 5.91 Å². The van der Waals surface area contributed by atoms with Gasteiger partial charge in [-0.1, -0.05) is 17.7 Å². The van der Waals surface area contributed by atoms with Gasteiger partial charge in [0, 0.05) is 17.6 Å². The van der Waals surface area contributed by atoms with Crippen LogP contribution in [-0.4, -0.2) is 31.4 Å². The number of hydrogen-bond acceptors (Lipinski definition) is 4. The number of nitrogens with zero attached hydrogens (tertiary/aromatic N) is 1. The number of carbonyl (C=O) groups excluding carboxylic acids is 1. The Kier molecular flexibility index (Phi) is 5.89. The quantitative estimate of drug-likeness (QED) is 0.781. The molecule has 1 atom stereocenters. The number of benzene rings is 2. The average Bonchev–Trinajstić information content (AvgIpc) is 2.54. The molecule has 26 heavy (non-hydrogen) atoms. The molecule has 0 aliphatic rings. The lowest BCUT2D eigenvalue weighted by atomic mass is 10.2. The summed E-state index contributed by atoms with van der Waals surface area (Å²) in [4.78, 5) is 22.4. The van der Waals surface area contributed by atoms with Gasteiger partial charge in [-0.2, -0.15) is 0 Å². The predicted octanol–water partition coefficient (Wildman–Crippen LogP) is 2.97. The van der Waals surface area contributed by atoms with Crippen molar-refractivity contribution in [2.75, 3.05) is 9.62 Å². The number of hydrogen-bond donors (Lipinski definition) is 2. The van der Waals surface area contributed by atoms with Crippen molar-refractivity contribution in [1.82, 2.24) is 0 Å². The van der Waals surface area contributed by atoms with Crippen LogP contribution < -0.4 is 9.62 Å². The largest absolute Gasteiger partial charge is 0.480 e. The van der Waals surface area contributed by atoms with E-state index in [1.54, 1.807) is 6.07 Å². The summed E-state index contributed by atoms with van der Waals surface area (Å²) in [6, 6.07) is 10.0. The Morgan fingerprint density at radius 2 is 1.77 bits per heavy atom. The molecule has 7 nitrogen and oxygen atoms in total. The van der Waals surface area contributed by atoms with Gasteiger partial charge >= 0.3 is 5.97 Å². The zero-order valence-electron chi connectivity index (χ0n) is 14.0. The highest BCUT2D eigenvalue weighted by Gasteiger charge is 2.33. The average molecular weight is 397 g/mol. The summed E-state index contributed by atoms with van der Waals surface area (Å²) in [7, 11) is -4.18. The molecule has 0 aromatic heterocycles. The Hall–Kier alpha value is -2.58. The van der Waals surface area contributed by atoms with Crippen LogP contribution in [0.5, 0.6) is 0 Å². The van der Waals surface area contributed by atoms with E-state index in [2.05, 4.69) is 5.32 Å². The summed E-state index contributed by atoms with van der Waals surface area (Å²) in [5, 5.41) is 12.2. The summed E-state index contributed by atoms with van der Waals surface area (Å²) in [5.41, 5.74) is 0.565. The van der Waals surface area contributed by atoms with Crippen LogP contribution in [0.3, 0.4) is 0 Å². The van der Waals surface area contributed by atoms with E-state index < -0.39 is 22.0 Å². The van der Waals surface area contributed by atoms with Gasteiger partial charge in [0.25, 0.3) is 10.0 Å². The maximum absolute atomic E-state index is 13.1. The van der Waals surface area contributed by atoms with Crippen molar-refractivity contribution in [2.24, 2.45) is 0 Å². The fourth-order valence-electron chi connectivity index (χ4n) is 2.31. The summed E-state index contributed by atoms with van der Waals surface area (Å²) in [6.07, 6.45) is 0. The highest BCUT2D eigenvalue weighted by molar-refractivity contribution is 7.92. The Bertz CT molecular complexity index is 928. The number of carboxylic acids is 1. The highest BCUT2D eigenvalue weighted by atomic mass is 35.5. The van der Waals surface area contributed by atoms with Crippen molar-refractivity contribution < 1.29 is 23.1 Å². The Balaban J connectivity index is 2.52. The third-order valence-electron chi connectivity index (χ3n) is 3.50. The van der Waals surface area contributed by atoms with Crippen LogP contribution in [0.15, 0.2) is 53.4 Å². The van der Waals surface area contributed by atoms with Gasteiger partial charge in [-0.25, -0.2) is 13.2 Å². The minimum atomic E-state index is -4.18. The first-order valence-electron chi connectivity index (χ1n) is 7.53. The molecule has 0 bridgehead atoms. The number of rotatable bonds is 6. The number of anilines is 2. The molecule has 0 spiro atoms. The molecule has 1 unspecified atom stereocenters. The summed E-state index contributed by atoms with van der Waals surface area (Å²) in [5.74, 6) is -1.59. The zero-order valence-corrected chi connectivity index (χ0v) is 15.6. The van der Waals surface area contributed by atoms with Gasteiger partial charge in [0.05, 0.1) is 10.6 Å². The Morgan fingerprint density at radius 3 is 2.27 bits per heavy atom. The lowest BCUT2D eigenvalue weighted by molar-refractivity contribution is -0.137. The maximum Gasteiger partial charge on any atom is 0.327 e. The van der Waals surface area contributed by atoms with Crippen molar-refractivity contribution in [3.63, 3.8) is 0 Å². The number of carboxylic acid groups (broad SMARTS) is 1. The first kappa shape index (κ1) is 19.7. The molecule has 138 valence electrons. The van der Waals surface area contributed by atoms with Gasteiger partial charge in [-0.15, -0.1) is 0 Å². The van der Waals surface area contributed by atoms with E-state index in [1.165, 1.54) is 56.3 Å². The number of carbonyl (C=O) groups is 2. The Labute approximate surface area is 156 Å². The first-order chi connectivity index (χ1) is 12.1. The molecule has 0 radical (unpaired) electrons. The van der Waals surface area contributed by atoms with Gasteiger partial charge in [-0.05, 0) is 49.4 Å². The fraction of sp³-hybridized carbons (Fsp3) is 0.176. The van der Waals surface area contributed by atoms with Crippen LogP contribution in [-0.2, 0) is 19.6 Å². The molecular weight excluding hydrogens is 380 g/mol. The molecule has 0 fully saturated rings. The molecule has 2 aromatic carbocycles. The van der Waals surface area contributed by atoms with Crippen molar-refractivity contribution in [1.29, 1.82) is 0 Å². The van der Waals surface area contributed by atoms with E-state index in [-0.39, 0.29) is 21.5 Å². The number of nitrogens with one attached hydrogen (secondary N) is 1. The highest BCUT2D eigenvalue weighted by Crippen LogP contribution is 2.29. The maximum atomic E-state index is 13.1. The molecule has 2 rings (SSSR count). The summed E-state index contributed by atoms with van der Waals surface area (Å²) in [6.45, 7) is 2.60. The number of aliphatic carboxylic acids is 1. The molecule has 0 saturated carbocycles. The Morgan fingerprint density at radius 1 is 1.15 bits per heavy atom. The second-order valence-electron chi connectivity index (χ2n) is 5.50. The van der Waals surface area contributed by atoms with E-state index in [4.69, 9.17) is 11.6 Å². The van der Waals surface area contributed by atoms with Crippen LogP contribution in [0, 0.1) is 0 Å². The van der Waals surface area contributed by atoms with Crippen LogP contribution in [0.4, 0.5) is 11.4 Å². The van der Waals surface area contributed by atoms with E-state index in [0.29, 0.717) is 5.69 Å². The molecule has 0 aliphatic carbocycles. The van der Waals surface area contributed by atoms with Gasteiger partial charge in [0.1, 0.15) is 6.04 Å². The molecule has 0 saturated heterocycles. The fourth-order valence-corrected chi connectivity index (χ4v) is 4.10. The molecule has 0 aliphatic heterocycles. The summed E-state index contributed by atoms with van der Waals surface area (Å²) >= 11 is 5.93. The van der Waals surface area contributed by atoms with Crippen molar-refractivity contribution in [2.45, 2.75) is 24.8 Å². The minimum Gasteiger partial charge on any atom is -0.480 e. The molecule has 0 heterocycles. The van der Waals surface area contributed by atoms with Crippen molar-refractivity contribution >= 4 is 44.9 Å². The van der Waals surface area contributed by atoms with Crippen LogP contribution in [0.2, 0.25) is 5.02 Å². The van der Waals surface area contributed by atoms with Crippen LogP contribution in [0.25, 0.3) is 0 Å². The van der Waals surface area contributed by atoms with E-state index in [1.807, 2.05) is 0 Å². The lowest BCUT2D eigenvalue weighted by Crippen LogP contribution is -2.43. The van der Waals surface area contributed by atoms with Crippen molar-refractivity contribution in [3.8, 4) is 0 Å². The molecule has 9 heteroatoms. The summed E-state index contributed by atoms with van der Waals surface area (Å²) < 4.78 is 26.9. The third-order valence-corrected chi connectivity index (χ3v) is 5.65. The van der Waals surface area contributed by atoms with Gasteiger partial charge in [0.15, 0.2) is 0 Å². The predicted molar refractivity (Wildman–Crippen MR) is 99.0 cm³/mol. The lowest BCUT2D eigenvalue weighted by Gasteiger charge is -2.28. The van der Waals surface area contributed by atoms with Crippen LogP contribution >= 0.6 is 11.6 Å². The van der Waals surface area contributed by atoms with E-state index >= 15 is 0 Å². The zero-order chi connectivity index (χ0) is 19.5. The third kappa shape index (κ3) is 4.33. The van der Waals surface area contributed by atoms with E-state index in [0.717, 1.165) is 4.31 Å². The molecule has 2 aromatic rings. The topological polar surface area (TPSA) is 104 Å². The molecule has 2 N–H and O–H groups in total. The number of amides is 1. The monoisotopic (exact) mass is 396 g/mol. The first-order valence-corrected chi connectivity index (χ1v) is 9.35. The minimum absolute atomic E-state index is 0.111. The van der Waals surface area contributed by atoms with Crippen molar-refractivity contribution in [3.05, 3.63) is 53.6 Å².